The Bertz CT molecular complexity index is 283. The van der Waals surface area contributed by atoms with Crippen LogP contribution in [-0.4, -0.2) is 35.7 Å². The SMILES string of the molecule is CCNC1(C(=O)OCC)CCC(SCCC(C)C)C1. The standard InChI is InChI=1S/C15H29NO2S/c1-5-16-15(14(17)18-6-2)9-7-13(11-15)19-10-8-12(3)4/h12-13,16H,5-11H2,1-4H3. The third-order valence-electron chi connectivity index (χ3n) is 3.70. The summed E-state index contributed by atoms with van der Waals surface area (Å²) in [5.41, 5.74) is -0.416. The number of nitrogens with one attached hydrogen (secondary N) is 1. The van der Waals surface area contributed by atoms with E-state index in [1.165, 1.54) is 12.2 Å². The summed E-state index contributed by atoms with van der Waals surface area (Å²) >= 11 is 2.03. The lowest BCUT2D eigenvalue weighted by Gasteiger charge is -2.27. The Balaban J connectivity index is 2.49. The van der Waals surface area contributed by atoms with Crippen molar-refractivity contribution >= 4 is 17.7 Å². The molecule has 1 aliphatic carbocycles. The average Bonchev–Trinajstić information content (AvgIpc) is 2.74. The molecule has 1 aliphatic rings. The maximum absolute atomic E-state index is 12.2. The zero-order chi connectivity index (χ0) is 14.3. The predicted molar refractivity (Wildman–Crippen MR) is 82.6 cm³/mol. The topological polar surface area (TPSA) is 38.3 Å². The summed E-state index contributed by atoms with van der Waals surface area (Å²) in [6, 6.07) is 0. The summed E-state index contributed by atoms with van der Waals surface area (Å²) in [5.74, 6) is 1.91. The van der Waals surface area contributed by atoms with Crippen molar-refractivity contribution in [2.24, 2.45) is 5.92 Å². The zero-order valence-electron chi connectivity index (χ0n) is 12.8. The van der Waals surface area contributed by atoms with Crippen LogP contribution in [0, 0.1) is 5.92 Å². The van der Waals surface area contributed by atoms with E-state index in [2.05, 4.69) is 26.1 Å². The first kappa shape index (κ1) is 16.8. The van der Waals surface area contributed by atoms with E-state index in [9.17, 15) is 4.79 Å². The molecule has 0 bridgehead atoms. The Hall–Kier alpha value is -0.220. The Morgan fingerprint density at radius 3 is 2.79 bits per heavy atom. The summed E-state index contributed by atoms with van der Waals surface area (Å²) in [7, 11) is 0. The van der Waals surface area contributed by atoms with Gasteiger partial charge in [-0.3, -0.25) is 4.79 Å². The number of esters is 1. The van der Waals surface area contributed by atoms with Gasteiger partial charge in [0.05, 0.1) is 6.61 Å². The molecule has 19 heavy (non-hydrogen) atoms. The lowest BCUT2D eigenvalue weighted by Crippen LogP contribution is -2.51. The van der Waals surface area contributed by atoms with Gasteiger partial charge in [-0.1, -0.05) is 20.8 Å². The van der Waals surface area contributed by atoms with Gasteiger partial charge in [-0.15, -0.1) is 0 Å². The third-order valence-corrected chi connectivity index (χ3v) is 5.04. The fourth-order valence-electron chi connectivity index (χ4n) is 2.64. The number of rotatable bonds is 8. The van der Waals surface area contributed by atoms with E-state index in [1.54, 1.807) is 0 Å². The molecule has 0 spiro atoms. The van der Waals surface area contributed by atoms with Crippen molar-refractivity contribution in [3.05, 3.63) is 0 Å². The first-order valence-corrected chi connectivity index (χ1v) is 8.62. The number of hydrogen-bond donors (Lipinski definition) is 1. The largest absolute Gasteiger partial charge is 0.465 e. The minimum absolute atomic E-state index is 0.0520. The van der Waals surface area contributed by atoms with Gasteiger partial charge in [0.15, 0.2) is 0 Å². The molecule has 0 radical (unpaired) electrons. The highest BCUT2D eigenvalue weighted by atomic mass is 32.2. The van der Waals surface area contributed by atoms with Crippen molar-refractivity contribution in [2.45, 2.75) is 64.2 Å². The Morgan fingerprint density at radius 1 is 1.47 bits per heavy atom. The molecule has 1 rings (SSSR count). The molecular weight excluding hydrogens is 258 g/mol. The summed E-state index contributed by atoms with van der Waals surface area (Å²) in [4.78, 5) is 12.2. The number of hydrogen-bond acceptors (Lipinski definition) is 4. The molecule has 0 aliphatic heterocycles. The highest BCUT2D eigenvalue weighted by molar-refractivity contribution is 7.99. The first-order valence-electron chi connectivity index (χ1n) is 7.58. The van der Waals surface area contributed by atoms with Crippen molar-refractivity contribution in [2.75, 3.05) is 18.9 Å². The quantitative estimate of drug-likeness (QED) is 0.696. The number of carbonyl (C=O) groups is 1. The van der Waals surface area contributed by atoms with Gasteiger partial charge < -0.3 is 10.1 Å². The van der Waals surface area contributed by atoms with Crippen LogP contribution < -0.4 is 5.32 Å². The van der Waals surface area contributed by atoms with Gasteiger partial charge in [-0.05, 0) is 50.8 Å². The van der Waals surface area contributed by atoms with E-state index in [4.69, 9.17) is 4.74 Å². The molecule has 1 fully saturated rings. The van der Waals surface area contributed by atoms with Gasteiger partial charge in [0.25, 0.3) is 0 Å². The van der Waals surface area contributed by atoms with E-state index in [0.717, 1.165) is 31.7 Å². The van der Waals surface area contributed by atoms with Gasteiger partial charge in [0, 0.05) is 5.25 Å². The van der Waals surface area contributed by atoms with Crippen molar-refractivity contribution in [3.8, 4) is 0 Å². The lowest BCUT2D eigenvalue weighted by atomic mass is 9.98. The number of thioether (sulfide) groups is 1. The van der Waals surface area contributed by atoms with Gasteiger partial charge in [0.1, 0.15) is 5.54 Å². The van der Waals surface area contributed by atoms with Crippen LogP contribution in [0.4, 0.5) is 0 Å². The van der Waals surface area contributed by atoms with E-state index >= 15 is 0 Å². The fourth-order valence-corrected chi connectivity index (χ4v) is 4.27. The first-order chi connectivity index (χ1) is 9.04. The summed E-state index contributed by atoms with van der Waals surface area (Å²) in [6.45, 7) is 9.74. The van der Waals surface area contributed by atoms with Crippen molar-refractivity contribution in [1.29, 1.82) is 0 Å². The van der Waals surface area contributed by atoms with Crippen molar-refractivity contribution < 1.29 is 9.53 Å². The Kier molecular flexibility index (Phi) is 7.22. The summed E-state index contributed by atoms with van der Waals surface area (Å²) in [6.07, 6.45) is 4.21. The maximum atomic E-state index is 12.2. The van der Waals surface area contributed by atoms with Crippen LogP contribution in [0.1, 0.15) is 53.4 Å². The van der Waals surface area contributed by atoms with E-state index < -0.39 is 5.54 Å². The highest BCUT2D eigenvalue weighted by Gasteiger charge is 2.45. The highest BCUT2D eigenvalue weighted by Crippen LogP contribution is 2.38. The molecular formula is C15H29NO2S. The normalized spacial score (nSPS) is 26.9. The van der Waals surface area contributed by atoms with Gasteiger partial charge in [-0.2, -0.15) is 11.8 Å². The van der Waals surface area contributed by atoms with Crippen LogP contribution in [-0.2, 0) is 9.53 Å². The second kappa shape index (κ2) is 8.15. The molecule has 112 valence electrons. The molecule has 0 saturated heterocycles. The Morgan fingerprint density at radius 2 is 2.21 bits per heavy atom. The molecule has 1 saturated carbocycles. The third kappa shape index (κ3) is 4.99. The molecule has 3 nitrogen and oxygen atoms in total. The minimum Gasteiger partial charge on any atom is -0.465 e. The number of likely N-dealkylation sites (N-methyl/N-ethyl adjacent to an activating group) is 1. The second-order valence-corrected chi connectivity index (χ2v) is 7.16. The molecule has 0 heterocycles. The van der Waals surface area contributed by atoms with Crippen molar-refractivity contribution in [1.82, 2.24) is 5.32 Å². The monoisotopic (exact) mass is 287 g/mol. The molecule has 0 aromatic carbocycles. The van der Waals surface area contributed by atoms with Crippen molar-refractivity contribution in [3.63, 3.8) is 0 Å². The predicted octanol–water partition coefficient (Wildman–Crippen LogP) is 3.23. The van der Waals surface area contributed by atoms with E-state index in [0.29, 0.717) is 11.9 Å². The van der Waals surface area contributed by atoms with Crippen LogP contribution >= 0.6 is 11.8 Å². The van der Waals surface area contributed by atoms with Gasteiger partial charge in [0.2, 0.25) is 0 Å². The van der Waals surface area contributed by atoms with Gasteiger partial charge in [-0.25, -0.2) is 0 Å². The van der Waals surface area contributed by atoms with Gasteiger partial charge >= 0.3 is 5.97 Å². The van der Waals surface area contributed by atoms with Crippen LogP contribution in [0.5, 0.6) is 0 Å². The molecule has 1 N–H and O–H groups in total. The van der Waals surface area contributed by atoms with Crippen LogP contribution in [0.3, 0.4) is 0 Å². The molecule has 2 atom stereocenters. The average molecular weight is 287 g/mol. The van der Waals surface area contributed by atoms with Crippen LogP contribution in [0.15, 0.2) is 0 Å². The molecule has 4 heteroatoms. The summed E-state index contributed by atoms with van der Waals surface area (Å²) < 4.78 is 5.26. The minimum atomic E-state index is -0.416. The van der Waals surface area contributed by atoms with Crippen LogP contribution in [0.25, 0.3) is 0 Å². The smallest absolute Gasteiger partial charge is 0.326 e. The maximum Gasteiger partial charge on any atom is 0.326 e. The number of ether oxygens (including phenoxy) is 1. The molecule has 0 aromatic heterocycles. The molecule has 2 unspecified atom stereocenters. The lowest BCUT2D eigenvalue weighted by molar-refractivity contribution is -0.151. The van der Waals surface area contributed by atoms with E-state index in [-0.39, 0.29) is 5.97 Å². The second-order valence-electron chi connectivity index (χ2n) is 5.75. The number of carbonyl (C=O) groups excluding carboxylic acids is 1. The summed E-state index contributed by atoms with van der Waals surface area (Å²) in [5, 5.41) is 3.98. The Labute approximate surface area is 122 Å². The molecule has 0 amide bonds. The van der Waals surface area contributed by atoms with E-state index in [1.807, 2.05) is 18.7 Å². The zero-order valence-corrected chi connectivity index (χ0v) is 13.6. The van der Waals surface area contributed by atoms with Crippen LogP contribution in [0.2, 0.25) is 0 Å². The fraction of sp³-hybridized carbons (Fsp3) is 0.933. The molecule has 0 aromatic rings.